The Morgan fingerprint density at radius 1 is 1.45 bits per heavy atom. The lowest BCUT2D eigenvalue weighted by atomic mass is 10.2. The van der Waals surface area contributed by atoms with Gasteiger partial charge in [0.05, 0.1) is 6.54 Å². The average Bonchev–Trinajstić information content (AvgIpc) is 2.97. The minimum Gasteiger partial charge on any atom is -0.483 e. The van der Waals surface area contributed by atoms with Crippen molar-refractivity contribution >= 4 is 5.91 Å². The van der Waals surface area contributed by atoms with E-state index in [1.54, 1.807) is 24.3 Å². The van der Waals surface area contributed by atoms with Gasteiger partial charge in [-0.15, -0.1) is 0 Å². The molecule has 1 amide bonds. The SMILES string of the molecule is CN(Cc1ncc[nH]1)C(=O)COc1ccccc1CN. The second-order valence-electron chi connectivity index (χ2n) is 4.39. The molecule has 0 saturated carbocycles. The number of nitrogens with one attached hydrogen (secondary N) is 1. The number of ether oxygens (including phenoxy) is 1. The normalized spacial score (nSPS) is 10.3. The zero-order chi connectivity index (χ0) is 14.4. The summed E-state index contributed by atoms with van der Waals surface area (Å²) < 4.78 is 5.53. The largest absolute Gasteiger partial charge is 0.483 e. The van der Waals surface area contributed by atoms with Crippen LogP contribution in [0.4, 0.5) is 0 Å². The first-order valence-corrected chi connectivity index (χ1v) is 6.33. The van der Waals surface area contributed by atoms with Crippen LogP contribution in [0.1, 0.15) is 11.4 Å². The number of aromatic nitrogens is 2. The molecule has 0 bridgehead atoms. The minimum atomic E-state index is -0.117. The van der Waals surface area contributed by atoms with Gasteiger partial charge < -0.3 is 20.4 Å². The lowest BCUT2D eigenvalue weighted by Crippen LogP contribution is -2.31. The van der Waals surface area contributed by atoms with Crippen LogP contribution in [-0.2, 0) is 17.9 Å². The topological polar surface area (TPSA) is 84.2 Å². The lowest BCUT2D eigenvalue weighted by Gasteiger charge is -2.17. The summed E-state index contributed by atoms with van der Waals surface area (Å²) in [7, 11) is 1.71. The third-order valence-corrected chi connectivity index (χ3v) is 2.91. The van der Waals surface area contributed by atoms with Gasteiger partial charge in [-0.3, -0.25) is 4.79 Å². The molecule has 2 rings (SSSR count). The third-order valence-electron chi connectivity index (χ3n) is 2.91. The second-order valence-corrected chi connectivity index (χ2v) is 4.39. The number of imidazole rings is 1. The number of nitrogens with two attached hydrogens (primary N) is 1. The van der Waals surface area contributed by atoms with E-state index in [1.807, 2.05) is 24.3 Å². The van der Waals surface area contributed by atoms with Crippen LogP contribution in [0.2, 0.25) is 0 Å². The monoisotopic (exact) mass is 274 g/mol. The Hall–Kier alpha value is -2.34. The van der Waals surface area contributed by atoms with E-state index in [4.69, 9.17) is 10.5 Å². The highest BCUT2D eigenvalue weighted by Gasteiger charge is 2.12. The number of amides is 1. The van der Waals surface area contributed by atoms with Crippen molar-refractivity contribution in [1.82, 2.24) is 14.9 Å². The van der Waals surface area contributed by atoms with Crippen molar-refractivity contribution in [2.24, 2.45) is 5.73 Å². The molecule has 6 nitrogen and oxygen atoms in total. The van der Waals surface area contributed by atoms with E-state index in [2.05, 4.69) is 9.97 Å². The number of H-pyrrole nitrogens is 1. The summed E-state index contributed by atoms with van der Waals surface area (Å²) in [4.78, 5) is 20.6. The average molecular weight is 274 g/mol. The molecule has 0 radical (unpaired) electrons. The summed E-state index contributed by atoms with van der Waals surface area (Å²) in [6.07, 6.45) is 3.38. The number of hydrogen-bond donors (Lipinski definition) is 2. The van der Waals surface area contributed by atoms with Crippen molar-refractivity contribution in [3.63, 3.8) is 0 Å². The third kappa shape index (κ3) is 3.58. The molecule has 6 heteroatoms. The van der Waals surface area contributed by atoms with Crippen LogP contribution in [0.15, 0.2) is 36.7 Å². The molecule has 3 N–H and O–H groups in total. The predicted octanol–water partition coefficient (Wildman–Crippen LogP) is 0.906. The smallest absolute Gasteiger partial charge is 0.260 e. The Balaban J connectivity index is 1.88. The molecule has 0 unspecified atom stereocenters. The van der Waals surface area contributed by atoms with Crippen molar-refractivity contribution < 1.29 is 9.53 Å². The van der Waals surface area contributed by atoms with Crippen LogP contribution in [0, 0.1) is 0 Å². The highest BCUT2D eigenvalue weighted by molar-refractivity contribution is 5.77. The number of hydrogen-bond acceptors (Lipinski definition) is 4. The predicted molar refractivity (Wildman–Crippen MR) is 74.9 cm³/mol. The number of nitrogens with zero attached hydrogens (tertiary/aromatic N) is 2. The van der Waals surface area contributed by atoms with Gasteiger partial charge in [-0.25, -0.2) is 4.98 Å². The number of benzene rings is 1. The number of carbonyl (C=O) groups is 1. The van der Waals surface area contributed by atoms with Gasteiger partial charge in [-0.2, -0.15) is 0 Å². The standard InChI is InChI=1S/C14H18N4O2/c1-18(9-13-16-6-7-17-13)14(19)10-20-12-5-3-2-4-11(12)8-15/h2-7H,8-10,15H2,1H3,(H,16,17). The summed E-state index contributed by atoms with van der Waals surface area (Å²) in [6, 6.07) is 7.43. The number of carbonyl (C=O) groups excluding carboxylic acids is 1. The molecule has 1 heterocycles. The molecule has 0 aliphatic rings. The van der Waals surface area contributed by atoms with Gasteiger partial charge in [0.2, 0.25) is 0 Å². The van der Waals surface area contributed by atoms with Gasteiger partial charge in [0.1, 0.15) is 11.6 Å². The maximum absolute atomic E-state index is 12.0. The molecule has 1 aromatic carbocycles. The first kappa shape index (κ1) is 14.1. The van der Waals surface area contributed by atoms with Crippen molar-refractivity contribution in [2.75, 3.05) is 13.7 Å². The van der Waals surface area contributed by atoms with Crippen LogP contribution in [0.3, 0.4) is 0 Å². The van der Waals surface area contributed by atoms with Crippen molar-refractivity contribution in [2.45, 2.75) is 13.1 Å². The Labute approximate surface area is 117 Å². The van der Waals surface area contributed by atoms with Gasteiger partial charge in [-0.05, 0) is 6.07 Å². The van der Waals surface area contributed by atoms with E-state index in [9.17, 15) is 4.79 Å². The van der Waals surface area contributed by atoms with Crippen LogP contribution in [0.5, 0.6) is 5.75 Å². The highest BCUT2D eigenvalue weighted by Crippen LogP contribution is 2.17. The van der Waals surface area contributed by atoms with Crippen LogP contribution < -0.4 is 10.5 Å². The van der Waals surface area contributed by atoms with Gasteiger partial charge >= 0.3 is 0 Å². The summed E-state index contributed by atoms with van der Waals surface area (Å²) in [5, 5.41) is 0. The molecule has 0 atom stereocenters. The van der Waals surface area contributed by atoms with E-state index in [0.29, 0.717) is 18.8 Å². The fourth-order valence-corrected chi connectivity index (χ4v) is 1.76. The molecule has 2 aromatic rings. The molecular weight excluding hydrogens is 256 g/mol. The van der Waals surface area contributed by atoms with Crippen LogP contribution in [0.25, 0.3) is 0 Å². The number of likely N-dealkylation sites (N-methyl/N-ethyl adjacent to an activating group) is 1. The van der Waals surface area contributed by atoms with Crippen LogP contribution >= 0.6 is 0 Å². The number of aromatic amines is 1. The molecule has 1 aromatic heterocycles. The first-order chi connectivity index (χ1) is 9.70. The molecule has 106 valence electrons. The Bertz CT molecular complexity index is 554. The summed E-state index contributed by atoms with van der Waals surface area (Å²) in [5.74, 6) is 1.27. The molecule has 0 aliphatic heterocycles. The zero-order valence-electron chi connectivity index (χ0n) is 11.4. The van der Waals surface area contributed by atoms with Gasteiger partial charge in [0.25, 0.3) is 5.91 Å². The van der Waals surface area contributed by atoms with Crippen LogP contribution in [-0.4, -0.2) is 34.4 Å². The van der Waals surface area contributed by atoms with E-state index in [-0.39, 0.29) is 12.5 Å². The van der Waals surface area contributed by atoms with Crippen molar-refractivity contribution in [3.05, 3.63) is 48.0 Å². The molecule has 0 aliphatic carbocycles. The molecular formula is C14H18N4O2. The van der Waals surface area contributed by atoms with Gasteiger partial charge in [0, 0.05) is 31.5 Å². The van der Waals surface area contributed by atoms with E-state index in [1.165, 1.54) is 0 Å². The van der Waals surface area contributed by atoms with Gasteiger partial charge in [-0.1, -0.05) is 18.2 Å². The fraction of sp³-hybridized carbons (Fsp3) is 0.286. The van der Waals surface area contributed by atoms with Gasteiger partial charge in [0.15, 0.2) is 6.61 Å². The zero-order valence-corrected chi connectivity index (χ0v) is 11.4. The Morgan fingerprint density at radius 2 is 2.25 bits per heavy atom. The first-order valence-electron chi connectivity index (χ1n) is 6.33. The van der Waals surface area contributed by atoms with Crippen molar-refractivity contribution in [3.8, 4) is 5.75 Å². The fourth-order valence-electron chi connectivity index (χ4n) is 1.76. The van der Waals surface area contributed by atoms with E-state index >= 15 is 0 Å². The maximum Gasteiger partial charge on any atom is 0.260 e. The molecule has 0 saturated heterocycles. The maximum atomic E-state index is 12.0. The summed E-state index contributed by atoms with van der Waals surface area (Å²) in [5.41, 5.74) is 6.50. The summed E-state index contributed by atoms with van der Waals surface area (Å²) >= 11 is 0. The minimum absolute atomic E-state index is 0.0196. The summed E-state index contributed by atoms with van der Waals surface area (Å²) in [6.45, 7) is 0.786. The Morgan fingerprint density at radius 3 is 2.95 bits per heavy atom. The quantitative estimate of drug-likeness (QED) is 0.820. The molecule has 0 fully saturated rings. The lowest BCUT2D eigenvalue weighted by molar-refractivity contribution is -0.132. The second kappa shape index (κ2) is 6.72. The van der Waals surface area contributed by atoms with E-state index < -0.39 is 0 Å². The van der Waals surface area contributed by atoms with E-state index in [0.717, 1.165) is 11.4 Å². The highest BCUT2D eigenvalue weighted by atomic mass is 16.5. The molecule has 0 spiro atoms. The van der Waals surface area contributed by atoms with Crippen molar-refractivity contribution in [1.29, 1.82) is 0 Å². The molecule has 20 heavy (non-hydrogen) atoms. The Kier molecular flexibility index (Phi) is 4.73. The number of rotatable bonds is 6. The number of para-hydroxylation sites is 1.